The van der Waals surface area contributed by atoms with Crippen molar-refractivity contribution in [3.8, 4) is 0 Å². The van der Waals surface area contributed by atoms with Gasteiger partial charge in [0.25, 0.3) is 0 Å². The fraction of sp³-hybridized carbons (Fsp3) is 0.679. The fourth-order valence-corrected chi connectivity index (χ4v) is 5.07. The number of epoxide rings is 1. The van der Waals surface area contributed by atoms with E-state index in [1.807, 2.05) is 26.0 Å². The van der Waals surface area contributed by atoms with Crippen molar-refractivity contribution < 1.29 is 38.4 Å². The Morgan fingerprint density at radius 3 is 2.54 bits per heavy atom. The minimum absolute atomic E-state index is 0.00942. The van der Waals surface area contributed by atoms with E-state index in [2.05, 4.69) is 18.3 Å². The summed E-state index contributed by atoms with van der Waals surface area (Å²) in [7, 11) is 0. The van der Waals surface area contributed by atoms with E-state index in [-0.39, 0.29) is 60.3 Å². The summed E-state index contributed by atoms with van der Waals surface area (Å²) < 4.78 is 22.8. The minimum Gasteiger partial charge on any atom is -0.481 e. The van der Waals surface area contributed by atoms with Crippen LogP contribution in [0.4, 0.5) is 0 Å². The number of carboxylic acid groups (broad SMARTS) is 1. The van der Waals surface area contributed by atoms with Crippen molar-refractivity contribution in [3.05, 3.63) is 36.0 Å². The summed E-state index contributed by atoms with van der Waals surface area (Å²) in [5.74, 6) is -1.23. The van der Waals surface area contributed by atoms with E-state index < -0.39 is 12.1 Å². The molecular weight excluding hydrogens is 478 g/mol. The SMILES string of the molecule is CC(=O)O[C@@H](C)/C=C\C(=O)NC1C[C@H](C)[C@H](C/C=C(C)/C=C/[C@@H]2C[C@]3(CO3)C[C@@H](CC(=O)O)O2)O[C@@H]1C. The Balaban J connectivity index is 1.46. The predicted molar refractivity (Wildman–Crippen MR) is 137 cm³/mol. The van der Waals surface area contributed by atoms with Crippen LogP contribution in [0.15, 0.2) is 36.0 Å². The molecule has 2 N–H and O–H groups in total. The van der Waals surface area contributed by atoms with Crippen LogP contribution in [0.25, 0.3) is 0 Å². The molecule has 3 heterocycles. The second kappa shape index (κ2) is 12.8. The van der Waals surface area contributed by atoms with Gasteiger partial charge in [-0.15, -0.1) is 0 Å². The highest BCUT2D eigenvalue weighted by atomic mass is 16.6. The molecule has 3 saturated heterocycles. The zero-order chi connectivity index (χ0) is 27.2. The molecule has 206 valence electrons. The zero-order valence-electron chi connectivity index (χ0n) is 22.5. The highest BCUT2D eigenvalue weighted by Crippen LogP contribution is 2.43. The molecule has 1 amide bonds. The van der Waals surface area contributed by atoms with Gasteiger partial charge in [0.05, 0.1) is 49.1 Å². The van der Waals surface area contributed by atoms with Gasteiger partial charge < -0.3 is 29.4 Å². The van der Waals surface area contributed by atoms with E-state index in [4.69, 9.17) is 24.1 Å². The number of nitrogens with one attached hydrogen (secondary N) is 1. The number of carboxylic acids is 1. The summed E-state index contributed by atoms with van der Waals surface area (Å²) in [5.41, 5.74) is 0.870. The smallest absolute Gasteiger partial charge is 0.305 e. The molecule has 37 heavy (non-hydrogen) atoms. The zero-order valence-corrected chi connectivity index (χ0v) is 22.5. The lowest BCUT2D eigenvalue weighted by Crippen LogP contribution is -2.50. The average Bonchev–Trinajstić information content (AvgIpc) is 3.54. The van der Waals surface area contributed by atoms with Crippen molar-refractivity contribution in [2.45, 2.75) is 109 Å². The van der Waals surface area contributed by atoms with Crippen LogP contribution in [-0.4, -0.2) is 71.7 Å². The van der Waals surface area contributed by atoms with Gasteiger partial charge in [0.2, 0.25) is 5.91 Å². The first-order valence-electron chi connectivity index (χ1n) is 13.1. The number of amides is 1. The number of esters is 1. The molecule has 3 rings (SSSR count). The number of carbonyl (C=O) groups excluding carboxylic acids is 2. The molecule has 0 aliphatic carbocycles. The second-order valence-electron chi connectivity index (χ2n) is 10.7. The van der Waals surface area contributed by atoms with Crippen LogP contribution in [0.1, 0.15) is 66.7 Å². The number of carbonyl (C=O) groups is 3. The number of allylic oxidation sites excluding steroid dienone is 2. The molecule has 0 saturated carbocycles. The van der Waals surface area contributed by atoms with Crippen LogP contribution >= 0.6 is 0 Å². The summed E-state index contributed by atoms with van der Waals surface area (Å²) in [5, 5.41) is 12.1. The van der Waals surface area contributed by atoms with Gasteiger partial charge in [0.15, 0.2) is 0 Å². The van der Waals surface area contributed by atoms with Gasteiger partial charge in [-0.1, -0.05) is 30.7 Å². The van der Waals surface area contributed by atoms with E-state index >= 15 is 0 Å². The Bertz CT molecular complexity index is 921. The molecule has 3 aliphatic rings. The monoisotopic (exact) mass is 519 g/mol. The molecule has 1 unspecified atom stereocenters. The van der Waals surface area contributed by atoms with Gasteiger partial charge in [-0.25, -0.2) is 0 Å². The van der Waals surface area contributed by atoms with Gasteiger partial charge in [0, 0.05) is 25.8 Å². The number of hydrogen-bond acceptors (Lipinski definition) is 7. The number of rotatable bonds is 10. The quantitative estimate of drug-likeness (QED) is 0.195. The van der Waals surface area contributed by atoms with E-state index in [1.54, 1.807) is 13.0 Å². The first-order valence-corrected chi connectivity index (χ1v) is 13.1. The summed E-state index contributed by atoms with van der Waals surface area (Å²) in [6.45, 7) is 9.83. The Hall–Kier alpha value is -2.49. The number of hydrogen-bond donors (Lipinski definition) is 2. The molecule has 0 aromatic carbocycles. The van der Waals surface area contributed by atoms with Gasteiger partial charge in [-0.05, 0) is 45.6 Å². The van der Waals surface area contributed by atoms with Crippen molar-refractivity contribution in [2.24, 2.45) is 5.92 Å². The van der Waals surface area contributed by atoms with Gasteiger partial charge in [-0.2, -0.15) is 0 Å². The van der Waals surface area contributed by atoms with E-state index in [9.17, 15) is 14.4 Å². The van der Waals surface area contributed by atoms with E-state index in [0.717, 1.165) is 24.8 Å². The Labute approximate surface area is 219 Å². The van der Waals surface area contributed by atoms with Crippen molar-refractivity contribution in [2.75, 3.05) is 6.61 Å². The van der Waals surface area contributed by atoms with Gasteiger partial charge >= 0.3 is 11.9 Å². The largest absolute Gasteiger partial charge is 0.481 e. The lowest BCUT2D eigenvalue weighted by atomic mass is 9.88. The van der Waals surface area contributed by atoms with E-state index in [1.165, 1.54) is 13.0 Å². The van der Waals surface area contributed by atoms with Gasteiger partial charge in [-0.3, -0.25) is 14.4 Å². The maximum Gasteiger partial charge on any atom is 0.305 e. The molecule has 3 fully saturated rings. The molecule has 8 atom stereocenters. The first-order chi connectivity index (χ1) is 17.4. The second-order valence-corrected chi connectivity index (χ2v) is 10.7. The van der Waals surface area contributed by atoms with Crippen LogP contribution in [0.3, 0.4) is 0 Å². The van der Waals surface area contributed by atoms with Gasteiger partial charge in [0.1, 0.15) is 6.10 Å². The minimum atomic E-state index is -0.857. The standard InChI is InChI=1S/C28H41NO8/c1-17(6-9-22-14-28(16-34-28)15-23(37-22)13-27(32)33)7-10-25-18(2)12-24(20(4)36-25)29-26(31)11-8-19(3)35-21(5)30/h6-9,11,18-20,22-25H,10,12-16H2,1-5H3,(H,29,31)(H,32,33)/b9-6+,11-8-,17-7+/t18-,19-,20+,22+,23+,24?,25-,28+/m0/s1. The van der Waals surface area contributed by atoms with Crippen LogP contribution in [0.2, 0.25) is 0 Å². The average molecular weight is 520 g/mol. The first kappa shape index (κ1) is 29.1. The van der Waals surface area contributed by atoms with Crippen LogP contribution < -0.4 is 5.32 Å². The molecule has 3 aliphatic heterocycles. The third kappa shape index (κ3) is 9.39. The third-order valence-corrected chi connectivity index (χ3v) is 7.16. The maximum atomic E-state index is 12.3. The Morgan fingerprint density at radius 2 is 1.89 bits per heavy atom. The summed E-state index contributed by atoms with van der Waals surface area (Å²) in [6.07, 6.45) is 11.0. The molecule has 0 radical (unpaired) electrons. The molecule has 1 spiro atoms. The van der Waals surface area contributed by atoms with Crippen molar-refractivity contribution in [3.63, 3.8) is 0 Å². The maximum absolute atomic E-state index is 12.3. The Kier molecular flexibility index (Phi) is 10.1. The molecule has 0 bridgehead atoms. The third-order valence-electron chi connectivity index (χ3n) is 7.16. The summed E-state index contributed by atoms with van der Waals surface area (Å²) >= 11 is 0. The van der Waals surface area contributed by atoms with Crippen LogP contribution in [0, 0.1) is 5.92 Å². The lowest BCUT2D eigenvalue weighted by molar-refractivity contribution is -0.144. The normalized spacial score (nSPS) is 35.0. The van der Waals surface area contributed by atoms with Crippen molar-refractivity contribution in [1.29, 1.82) is 0 Å². The topological polar surface area (TPSA) is 124 Å². The molecule has 9 nitrogen and oxygen atoms in total. The van der Waals surface area contributed by atoms with Crippen molar-refractivity contribution in [1.82, 2.24) is 5.32 Å². The van der Waals surface area contributed by atoms with Crippen molar-refractivity contribution >= 4 is 17.8 Å². The molecule has 0 aromatic heterocycles. The molecule has 9 heteroatoms. The number of ether oxygens (including phenoxy) is 4. The number of aliphatic carboxylic acids is 1. The van der Waals surface area contributed by atoms with Crippen LogP contribution in [0.5, 0.6) is 0 Å². The highest BCUT2D eigenvalue weighted by Gasteiger charge is 2.51. The molecule has 0 aromatic rings. The highest BCUT2D eigenvalue weighted by molar-refractivity contribution is 5.87. The van der Waals surface area contributed by atoms with E-state index in [0.29, 0.717) is 13.0 Å². The summed E-state index contributed by atoms with van der Waals surface area (Å²) in [6, 6.07) is -0.100. The summed E-state index contributed by atoms with van der Waals surface area (Å²) in [4.78, 5) is 34.4. The predicted octanol–water partition coefficient (Wildman–Crippen LogP) is 3.48. The fourth-order valence-electron chi connectivity index (χ4n) is 5.07. The Morgan fingerprint density at radius 1 is 1.16 bits per heavy atom. The molecular formula is C28H41NO8. The lowest BCUT2D eigenvalue weighted by Gasteiger charge is -2.39. The van der Waals surface area contributed by atoms with Crippen LogP contribution in [-0.2, 0) is 33.3 Å².